The summed E-state index contributed by atoms with van der Waals surface area (Å²) in [4.78, 5) is 17.7. The molecule has 3 rings (SSSR count). The quantitative estimate of drug-likeness (QED) is 0.793. The van der Waals surface area contributed by atoms with Gasteiger partial charge in [0.1, 0.15) is 5.78 Å². The van der Waals surface area contributed by atoms with E-state index >= 15 is 0 Å². The van der Waals surface area contributed by atoms with Crippen molar-refractivity contribution < 1.29 is 4.79 Å². The first-order chi connectivity index (χ1) is 9.65. The highest BCUT2D eigenvalue weighted by atomic mass is 16.1. The molecule has 0 radical (unpaired) electrons. The fraction of sp³-hybridized carbons (Fsp3) is 0.941. The van der Waals surface area contributed by atoms with Gasteiger partial charge in [-0.2, -0.15) is 0 Å². The number of nitrogens with zero attached hydrogens (tertiary/aromatic N) is 2. The van der Waals surface area contributed by atoms with Gasteiger partial charge in [-0.1, -0.05) is 26.2 Å². The molecule has 2 saturated heterocycles. The van der Waals surface area contributed by atoms with Crippen LogP contribution in [0.2, 0.25) is 0 Å². The van der Waals surface area contributed by atoms with Gasteiger partial charge in [0.15, 0.2) is 0 Å². The van der Waals surface area contributed by atoms with Crippen LogP contribution in [0.15, 0.2) is 0 Å². The number of rotatable bonds is 3. The van der Waals surface area contributed by atoms with Gasteiger partial charge in [-0.15, -0.1) is 0 Å². The highest BCUT2D eigenvalue weighted by Gasteiger charge is 2.41. The van der Waals surface area contributed by atoms with E-state index in [9.17, 15) is 4.79 Å². The van der Waals surface area contributed by atoms with E-state index in [0.29, 0.717) is 30.5 Å². The van der Waals surface area contributed by atoms with Gasteiger partial charge in [-0.25, -0.2) is 0 Å². The Morgan fingerprint density at radius 2 is 1.85 bits per heavy atom. The third-order valence-corrected chi connectivity index (χ3v) is 5.79. The topological polar surface area (TPSA) is 23.6 Å². The van der Waals surface area contributed by atoms with Gasteiger partial charge in [0.05, 0.1) is 12.7 Å². The number of hydrogen-bond donors (Lipinski definition) is 0. The molecule has 2 heterocycles. The maximum atomic E-state index is 12.6. The zero-order valence-corrected chi connectivity index (χ0v) is 13.2. The Kier molecular flexibility index (Phi) is 4.46. The maximum absolute atomic E-state index is 12.6. The minimum atomic E-state index is 0.367. The molecule has 20 heavy (non-hydrogen) atoms. The molecule has 0 aromatic carbocycles. The molecule has 0 N–H and O–H groups in total. The first kappa shape index (κ1) is 14.5. The number of ketones is 1. The van der Waals surface area contributed by atoms with Crippen molar-refractivity contribution >= 4 is 5.78 Å². The summed E-state index contributed by atoms with van der Waals surface area (Å²) in [7, 11) is 0. The van der Waals surface area contributed by atoms with Crippen LogP contribution in [0.4, 0.5) is 0 Å². The average molecular weight is 278 g/mol. The lowest BCUT2D eigenvalue weighted by Crippen LogP contribution is -2.47. The number of piperidine rings is 1. The highest BCUT2D eigenvalue weighted by molar-refractivity contribution is 5.83. The van der Waals surface area contributed by atoms with Crippen molar-refractivity contribution in [1.82, 2.24) is 9.80 Å². The second-order valence-electron chi connectivity index (χ2n) is 7.43. The van der Waals surface area contributed by atoms with Gasteiger partial charge in [-0.3, -0.25) is 14.6 Å². The van der Waals surface area contributed by atoms with Crippen LogP contribution in [0.3, 0.4) is 0 Å². The molecule has 3 fully saturated rings. The van der Waals surface area contributed by atoms with Gasteiger partial charge in [0, 0.05) is 18.5 Å². The highest BCUT2D eigenvalue weighted by Crippen LogP contribution is 2.32. The number of carbonyl (C=O) groups is 1. The van der Waals surface area contributed by atoms with Crippen LogP contribution in [0.25, 0.3) is 0 Å². The summed E-state index contributed by atoms with van der Waals surface area (Å²) >= 11 is 0. The predicted molar refractivity (Wildman–Crippen MR) is 81.5 cm³/mol. The van der Waals surface area contributed by atoms with Crippen molar-refractivity contribution in [3.8, 4) is 0 Å². The number of fused-ring (bicyclic) bond motifs is 1. The standard InChI is InChI=1S/C17H30N2O/c1-13-8-9-18-11-14(2)19(17(18)10-13)12-16(20)15-6-4-3-5-7-15/h13-15,17H,3-12H2,1-2H3. The summed E-state index contributed by atoms with van der Waals surface area (Å²) in [5, 5.41) is 0. The van der Waals surface area contributed by atoms with Crippen LogP contribution in [0.1, 0.15) is 58.8 Å². The van der Waals surface area contributed by atoms with Crippen molar-refractivity contribution in [1.29, 1.82) is 0 Å². The van der Waals surface area contributed by atoms with Crippen molar-refractivity contribution in [2.24, 2.45) is 11.8 Å². The third kappa shape index (κ3) is 2.94. The molecule has 0 aromatic rings. The van der Waals surface area contributed by atoms with Crippen molar-refractivity contribution in [2.45, 2.75) is 71.0 Å². The first-order valence-electron chi connectivity index (χ1n) is 8.67. The van der Waals surface area contributed by atoms with Crippen molar-refractivity contribution in [3.63, 3.8) is 0 Å². The van der Waals surface area contributed by atoms with Crippen LogP contribution in [-0.2, 0) is 4.79 Å². The Hall–Kier alpha value is -0.410. The molecule has 3 unspecified atom stereocenters. The fourth-order valence-electron chi connectivity index (χ4n) is 4.45. The number of carbonyl (C=O) groups excluding carboxylic acids is 1. The second kappa shape index (κ2) is 6.15. The van der Waals surface area contributed by atoms with Gasteiger partial charge >= 0.3 is 0 Å². The van der Waals surface area contributed by atoms with Crippen LogP contribution in [0.5, 0.6) is 0 Å². The van der Waals surface area contributed by atoms with E-state index in [-0.39, 0.29) is 0 Å². The molecule has 0 spiro atoms. The lowest BCUT2D eigenvalue weighted by Gasteiger charge is -2.37. The van der Waals surface area contributed by atoms with E-state index in [0.717, 1.165) is 25.3 Å². The average Bonchev–Trinajstić information content (AvgIpc) is 2.76. The number of Topliss-reactive ketones (excluding diaryl/α,β-unsaturated/α-hetero) is 1. The molecule has 3 heteroatoms. The Morgan fingerprint density at radius 1 is 1.10 bits per heavy atom. The molecule has 3 aliphatic rings. The maximum Gasteiger partial charge on any atom is 0.149 e. The normalized spacial score (nSPS) is 37.0. The predicted octanol–water partition coefficient (Wildman–Crippen LogP) is 2.90. The van der Waals surface area contributed by atoms with Crippen molar-refractivity contribution in [2.75, 3.05) is 19.6 Å². The first-order valence-corrected chi connectivity index (χ1v) is 8.67. The Labute approximate surface area is 123 Å². The summed E-state index contributed by atoms with van der Waals surface area (Å²) in [5.41, 5.74) is 0. The molecule has 3 nitrogen and oxygen atoms in total. The summed E-state index contributed by atoms with van der Waals surface area (Å²) in [5.74, 6) is 1.71. The molecule has 3 atom stereocenters. The molecule has 2 aliphatic heterocycles. The second-order valence-corrected chi connectivity index (χ2v) is 7.43. The van der Waals surface area contributed by atoms with E-state index in [1.54, 1.807) is 0 Å². The van der Waals surface area contributed by atoms with Gasteiger partial charge in [-0.05, 0) is 45.1 Å². The molecule has 0 amide bonds. The van der Waals surface area contributed by atoms with E-state index in [1.807, 2.05) is 0 Å². The van der Waals surface area contributed by atoms with Gasteiger partial charge < -0.3 is 0 Å². The van der Waals surface area contributed by atoms with Crippen LogP contribution < -0.4 is 0 Å². The molecule has 114 valence electrons. The fourth-order valence-corrected chi connectivity index (χ4v) is 4.45. The third-order valence-electron chi connectivity index (χ3n) is 5.79. The van der Waals surface area contributed by atoms with Crippen LogP contribution in [0, 0.1) is 11.8 Å². The Bertz CT molecular complexity index is 351. The largest absolute Gasteiger partial charge is 0.298 e. The summed E-state index contributed by atoms with van der Waals surface area (Å²) < 4.78 is 0. The van der Waals surface area contributed by atoms with E-state index in [2.05, 4.69) is 23.6 Å². The van der Waals surface area contributed by atoms with Crippen LogP contribution in [-0.4, -0.2) is 47.4 Å². The Morgan fingerprint density at radius 3 is 2.60 bits per heavy atom. The molecule has 0 aromatic heterocycles. The van der Waals surface area contributed by atoms with E-state index in [1.165, 1.54) is 38.6 Å². The molecular formula is C17H30N2O. The smallest absolute Gasteiger partial charge is 0.149 e. The number of hydrogen-bond acceptors (Lipinski definition) is 3. The van der Waals surface area contributed by atoms with Gasteiger partial charge in [0.25, 0.3) is 0 Å². The molecule has 1 aliphatic carbocycles. The minimum Gasteiger partial charge on any atom is -0.298 e. The lowest BCUT2D eigenvalue weighted by molar-refractivity contribution is -0.126. The zero-order chi connectivity index (χ0) is 14.1. The molecule has 1 saturated carbocycles. The Balaban J connectivity index is 1.61. The van der Waals surface area contributed by atoms with E-state index < -0.39 is 0 Å². The summed E-state index contributed by atoms with van der Waals surface area (Å²) in [6, 6.07) is 0.554. The SMILES string of the molecule is CC1CCN2CC(C)N(CC(=O)C3CCCCC3)C2C1. The van der Waals surface area contributed by atoms with Crippen LogP contribution >= 0.6 is 0 Å². The monoisotopic (exact) mass is 278 g/mol. The van der Waals surface area contributed by atoms with Gasteiger partial charge in [0.2, 0.25) is 0 Å². The lowest BCUT2D eigenvalue weighted by atomic mass is 9.86. The summed E-state index contributed by atoms with van der Waals surface area (Å²) in [6.45, 7) is 7.76. The van der Waals surface area contributed by atoms with Crippen molar-refractivity contribution in [3.05, 3.63) is 0 Å². The molecular weight excluding hydrogens is 248 g/mol. The zero-order valence-electron chi connectivity index (χ0n) is 13.2. The minimum absolute atomic E-state index is 0.367. The summed E-state index contributed by atoms with van der Waals surface area (Å²) in [6.07, 6.45) is 9.27. The van der Waals surface area contributed by atoms with E-state index in [4.69, 9.17) is 0 Å². The molecule has 0 bridgehead atoms.